The molecule has 3 unspecified atom stereocenters. The standard InChI is InChI=1S/C16H22BN3/c1-9-12-7-10(17)5-4-6-11(12)14-13(16(9,2)3)15(18)20-8-19-14/h8,10-12H,1,4-7H2,2-3H3,(H2,18,19,20). The summed E-state index contributed by atoms with van der Waals surface area (Å²) in [4.78, 5) is 8.79. The molecular weight excluding hydrogens is 245 g/mol. The molecule has 1 aromatic heterocycles. The molecule has 3 nitrogen and oxygen atoms in total. The van der Waals surface area contributed by atoms with E-state index in [-0.39, 0.29) is 11.2 Å². The SMILES string of the molecule is [B]C1CCCC2c3ncnc(N)c3C(C)(C)C(=C)C2C1. The van der Waals surface area contributed by atoms with E-state index in [2.05, 4.69) is 30.4 Å². The van der Waals surface area contributed by atoms with E-state index in [0.29, 0.717) is 17.7 Å². The zero-order valence-electron chi connectivity index (χ0n) is 12.4. The van der Waals surface area contributed by atoms with Gasteiger partial charge in [-0.3, -0.25) is 0 Å². The number of nitrogens with zero attached hydrogens (tertiary/aromatic N) is 2. The third kappa shape index (κ3) is 1.88. The summed E-state index contributed by atoms with van der Waals surface area (Å²) in [5.41, 5.74) is 9.44. The molecule has 4 heteroatoms. The minimum atomic E-state index is -0.175. The molecule has 1 aromatic rings. The van der Waals surface area contributed by atoms with E-state index in [1.54, 1.807) is 6.33 Å². The Morgan fingerprint density at radius 2 is 2.05 bits per heavy atom. The van der Waals surface area contributed by atoms with Gasteiger partial charge in [-0.25, -0.2) is 9.97 Å². The molecule has 104 valence electrons. The second kappa shape index (κ2) is 4.61. The van der Waals surface area contributed by atoms with Crippen LogP contribution < -0.4 is 5.73 Å². The minimum Gasteiger partial charge on any atom is -0.383 e. The highest BCUT2D eigenvalue weighted by Gasteiger charge is 2.45. The van der Waals surface area contributed by atoms with E-state index >= 15 is 0 Å². The summed E-state index contributed by atoms with van der Waals surface area (Å²) in [6, 6.07) is 0. The van der Waals surface area contributed by atoms with Crippen LogP contribution in [0.25, 0.3) is 0 Å². The Morgan fingerprint density at radius 3 is 2.80 bits per heavy atom. The van der Waals surface area contributed by atoms with Crippen LogP contribution in [0, 0.1) is 5.92 Å². The number of allylic oxidation sites excluding steroid dienone is 1. The van der Waals surface area contributed by atoms with Crippen molar-refractivity contribution in [3.8, 4) is 0 Å². The summed E-state index contributed by atoms with van der Waals surface area (Å²) < 4.78 is 0. The van der Waals surface area contributed by atoms with Crippen molar-refractivity contribution >= 4 is 13.7 Å². The van der Waals surface area contributed by atoms with Gasteiger partial charge >= 0.3 is 0 Å². The molecule has 0 spiro atoms. The molecule has 0 aromatic carbocycles. The van der Waals surface area contributed by atoms with E-state index in [1.807, 2.05) is 0 Å². The molecule has 2 N–H and O–H groups in total. The molecule has 3 atom stereocenters. The van der Waals surface area contributed by atoms with E-state index in [1.165, 1.54) is 5.57 Å². The van der Waals surface area contributed by atoms with Gasteiger partial charge in [-0.2, -0.15) is 0 Å². The lowest BCUT2D eigenvalue weighted by molar-refractivity contribution is 0.361. The zero-order valence-corrected chi connectivity index (χ0v) is 12.4. The lowest BCUT2D eigenvalue weighted by Crippen LogP contribution is -2.37. The van der Waals surface area contributed by atoms with E-state index < -0.39 is 0 Å². The first-order valence-electron chi connectivity index (χ1n) is 7.48. The average molecular weight is 267 g/mol. The Balaban J connectivity index is 2.18. The van der Waals surface area contributed by atoms with Crippen LogP contribution in [0.2, 0.25) is 5.82 Å². The molecule has 1 heterocycles. The van der Waals surface area contributed by atoms with Crippen molar-refractivity contribution in [1.82, 2.24) is 9.97 Å². The quantitative estimate of drug-likeness (QED) is 0.580. The number of hydrogen-bond acceptors (Lipinski definition) is 3. The monoisotopic (exact) mass is 267 g/mol. The molecule has 0 bridgehead atoms. The van der Waals surface area contributed by atoms with Gasteiger partial charge in [0, 0.05) is 16.9 Å². The summed E-state index contributed by atoms with van der Waals surface area (Å²) in [6.45, 7) is 8.76. The van der Waals surface area contributed by atoms with Crippen molar-refractivity contribution in [2.75, 3.05) is 5.73 Å². The number of rotatable bonds is 0. The topological polar surface area (TPSA) is 51.8 Å². The first-order valence-corrected chi connectivity index (χ1v) is 7.48. The Bertz CT molecular complexity index is 553. The summed E-state index contributed by atoms with van der Waals surface area (Å²) >= 11 is 0. The van der Waals surface area contributed by atoms with E-state index in [9.17, 15) is 0 Å². The maximum atomic E-state index is 6.24. The molecule has 0 aliphatic heterocycles. The van der Waals surface area contributed by atoms with Gasteiger partial charge in [0.05, 0.1) is 13.5 Å². The number of fused-ring (bicyclic) bond motifs is 3. The Morgan fingerprint density at radius 1 is 1.30 bits per heavy atom. The summed E-state index contributed by atoms with van der Waals surface area (Å²) in [6.07, 6.45) is 5.98. The molecule has 2 radical (unpaired) electrons. The first-order chi connectivity index (χ1) is 9.43. The molecule has 0 amide bonds. The smallest absolute Gasteiger partial charge is 0.131 e. The highest BCUT2D eigenvalue weighted by Crippen LogP contribution is 2.54. The second-order valence-corrected chi connectivity index (χ2v) is 6.81. The fourth-order valence-electron chi connectivity index (χ4n) is 4.08. The number of hydrogen-bond donors (Lipinski definition) is 1. The van der Waals surface area contributed by atoms with Gasteiger partial charge in [0.15, 0.2) is 0 Å². The minimum absolute atomic E-state index is 0.175. The van der Waals surface area contributed by atoms with Crippen LogP contribution in [0.5, 0.6) is 0 Å². The summed E-state index contributed by atoms with van der Waals surface area (Å²) in [7, 11) is 6.24. The summed E-state index contributed by atoms with van der Waals surface area (Å²) in [5, 5.41) is 0. The van der Waals surface area contributed by atoms with Crippen LogP contribution in [-0.2, 0) is 5.41 Å². The van der Waals surface area contributed by atoms with Crippen molar-refractivity contribution in [3.63, 3.8) is 0 Å². The fourth-order valence-corrected chi connectivity index (χ4v) is 4.08. The molecule has 1 fully saturated rings. The predicted octanol–water partition coefficient (Wildman–Crippen LogP) is 3.14. The number of anilines is 1. The van der Waals surface area contributed by atoms with Crippen LogP contribution in [0.4, 0.5) is 5.82 Å². The third-order valence-corrected chi connectivity index (χ3v) is 5.26. The van der Waals surface area contributed by atoms with Crippen molar-refractivity contribution < 1.29 is 0 Å². The second-order valence-electron chi connectivity index (χ2n) is 6.81. The van der Waals surface area contributed by atoms with E-state index in [4.69, 9.17) is 13.6 Å². The lowest BCUT2D eigenvalue weighted by Gasteiger charge is -2.44. The van der Waals surface area contributed by atoms with Crippen molar-refractivity contribution in [3.05, 3.63) is 29.7 Å². The molecule has 3 rings (SSSR count). The molecule has 20 heavy (non-hydrogen) atoms. The molecular formula is C16H22BN3. The first kappa shape index (κ1) is 13.7. The van der Waals surface area contributed by atoms with Crippen molar-refractivity contribution in [2.45, 2.75) is 56.7 Å². The zero-order chi connectivity index (χ0) is 14.5. The maximum absolute atomic E-state index is 6.24. The molecule has 1 saturated carbocycles. The third-order valence-electron chi connectivity index (χ3n) is 5.26. The lowest BCUT2D eigenvalue weighted by atomic mass is 9.60. The normalized spacial score (nSPS) is 32.1. The van der Waals surface area contributed by atoms with Gasteiger partial charge in [0.1, 0.15) is 12.1 Å². The fraction of sp³-hybridized carbons (Fsp3) is 0.625. The Hall–Kier alpha value is -1.32. The maximum Gasteiger partial charge on any atom is 0.131 e. The van der Waals surface area contributed by atoms with Crippen molar-refractivity contribution in [1.29, 1.82) is 0 Å². The summed E-state index contributed by atoms with van der Waals surface area (Å²) in [5.74, 6) is 1.71. The van der Waals surface area contributed by atoms with Gasteiger partial charge in [-0.05, 0) is 12.3 Å². The number of aromatic nitrogens is 2. The number of nitrogens with two attached hydrogens (primary N) is 1. The molecule has 0 saturated heterocycles. The Kier molecular flexibility index (Phi) is 3.15. The van der Waals surface area contributed by atoms with Crippen LogP contribution in [0.3, 0.4) is 0 Å². The molecule has 2 aliphatic carbocycles. The largest absolute Gasteiger partial charge is 0.383 e. The van der Waals surface area contributed by atoms with Crippen LogP contribution in [-0.4, -0.2) is 17.8 Å². The van der Waals surface area contributed by atoms with Crippen molar-refractivity contribution in [2.24, 2.45) is 5.92 Å². The van der Waals surface area contributed by atoms with Crippen LogP contribution in [0.15, 0.2) is 18.5 Å². The van der Waals surface area contributed by atoms with Gasteiger partial charge < -0.3 is 5.73 Å². The molecule has 2 aliphatic rings. The van der Waals surface area contributed by atoms with Gasteiger partial charge in [0.2, 0.25) is 0 Å². The number of nitrogen functional groups attached to an aromatic ring is 1. The predicted molar refractivity (Wildman–Crippen MR) is 82.8 cm³/mol. The highest BCUT2D eigenvalue weighted by atomic mass is 14.9. The highest BCUT2D eigenvalue weighted by molar-refractivity contribution is 6.11. The van der Waals surface area contributed by atoms with Crippen LogP contribution >= 0.6 is 0 Å². The van der Waals surface area contributed by atoms with Gasteiger partial charge in [0.25, 0.3) is 0 Å². The van der Waals surface area contributed by atoms with Crippen LogP contribution in [0.1, 0.15) is 56.7 Å². The Labute approximate surface area is 122 Å². The van der Waals surface area contributed by atoms with E-state index in [0.717, 1.165) is 36.9 Å². The van der Waals surface area contributed by atoms with Gasteiger partial charge in [-0.15, -0.1) is 0 Å². The van der Waals surface area contributed by atoms with Gasteiger partial charge in [-0.1, -0.05) is 51.1 Å². The average Bonchev–Trinajstić information content (AvgIpc) is 2.58.